The van der Waals surface area contributed by atoms with Gasteiger partial charge in [-0.15, -0.1) is 0 Å². The van der Waals surface area contributed by atoms with Crippen molar-refractivity contribution in [3.8, 4) is 5.88 Å². The molecule has 3 rings (SSSR count). The molecule has 3 aromatic rings. The first-order valence-corrected chi connectivity index (χ1v) is 9.78. The van der Waals surface area contributed by atoms with Crippen LogP contribution in [0.4, 0.5) is 0 Å². The van der Waals surface area contributed by atoms with E-state index in [4.69, 9.17) is 9.47 Å². The lowest BCUT2D eigenvalue weighted by molar-refractivity contribution is 0.143. The number of nitrogens with zero attached hydrogens (tertiary/aromatic N) is 2. The van der Waals surface area contributed by atoms with Crippen LogP contribution in [0.2, 0.25) is 0 Å². The largest absolute Gasteiger partial charge is 0.475 e. The minimum Gasteiger partial charge on any atom is -0.475 e. The van der Waals surface area contributed by atoms with Crippen molar-refractivity contribution in [1.29, 1.82) is 0 Å². The molecular formula is C22H29N5O2. The molecule has 2 aromatic heterocycles. The molecule has 0 saturated heterocycles. The predicted molar refractivity (Wildman–Crippen MR) is 117 cm³/mol. The van der Waals surface area contributed by atoms with Crippen LogP contribution >= 0.6 is 0 Å². The molecule has 0 spiro atoms. The van der Waals surface area contributed by atoms with Gasteiger partial charge in [0.15, 0.2) is 5.96 Å². The van der Waals surface area contributed by atoms with E-state index in [0.717, 1.165) is 24.5 Å². The summed E-state index contributed by atoms with van der Waals surface area (Å²) in [4.78, 5) is 12.0. The summed E-state index contributed by atoms with van der Waals surface area (Å²) in [5, 5.41) is 7.96. The second-order valence-electron chi connectivity index (χ2n) is 6.77. The minimum absolute atomic E-state index is 0.470. The first-order chi connectivity index (χ1) is 14.2. The van der Waals surface area contributed by atoms with Crippen LogP contribution in [0, 0.1) is 6.92 Å². The standard InChI is InChI=1S/C22H29N5O2/c1-16-6-7-19-17(14-26-20(19)13-16)8-10-25-22(23-2)27-15-18-5-4-9-24-21(18)29-12-11-28-3/h4-7,9,13-14,26H,8,10-12,15H2,1-3H3,(H2,23,25,27). The lowest BCUT2D eigenvalue weighted by Gasteiger charge is -2.14. The molecule has 0 radical (unpaired) electrons. The third-order valence-corrected chi connectivity index (χ3v) is 4.66. The Balaban J connectivity index is 1.51. The van der Waals surface area contributed by atoms with E-state index in [1.165, 1.54) is 22.0 Å². The second-order valence-corrected chi connectivity index (χ2v) is 6.77. The van der Waals surface area contributed by atoms with Crippen molar-refractivity contribution in [2.45, 2.75) is 19.9 Å². The van der Waals surface area contributed by atoms with Crippen LogP contribution in [0.15, 0.2) is 47.7 Å². The SMILES string of the molecule is CN=C(NCCc1c[nH]c2cc(C)ccc12)NCc1cccnc1OCCOC. The van der Waals surface area contributed by atoms with E-state index < -0.39 is 0 Å². The van der Waals surface area contributed by atoms with E-state index >= 15 is 0 Å². The molecule has 154 valence electrons. The highest BCUT2D eigenvalue weighted by atomic mass is 16.5. The molecular weight excluding hydrogens is 366 g/mol. The summed E-state index contributed by atoms with van der Waals surface area (Å²) < 4.78 is 10.7. The number of H-pyrrole nitrogens is 1. The monoisotopic (exact) mass is 395 g/mol. The number of hydrogen-bond donors (Lipinski definition) is 3. The summed E-state index contributed by atoms with van der Waals surface area (Å²) in [6, 6.07) is 10.4. The fourth-order valence-corrected chi connectivity index (χ4v) is 3.13. The van der Waals surface area contributed by atoms with Crippen molar-refractivity contribution in [2.75, 3.05) is 33.9 Å². The van der Waals surface area contributed by atoms with Crippen molar-refractivity contribution < 1.29 is 9.47 Å². The van der Waals surface area contributed by atoms with E-state index in [1.54, 1.807) is 20.4 Å². The summed E-state index contributed by atoms with van der Waals surface area (Å²) >= 11 is 0. The highest BCUT2D eigenvalue weighted by Crippen LogP contribution is 2.19. The molecule has 29 heavy (non-hydrogen) atoms. The number of fused-ring (bicyclic) bond motifs is 1. The molecule has 7 heteroatoms. The van der Waals surface area contributed by atoms with Gasteiger partial charge in [-0.05, 0) is 36.6 Å². The Kier molecular flexibility index (Phi) is 7.47. The van der Waals surface area contributed by atoms with Crippen molar-refractivity contribution in [3.63, 3.8) is 0 Å². The maximum absolute atomic E-state index is 5.68. The number of aromatic amines is 1. The van der Waals surface area contributed by atoms with Crippen molar-refractivity contribution >= 4 is 16.9 Å². The van der Waals surface area contributed by atoms with Gasteiger partial charge in [-0.25, -0.2) is 4.98 Å². The first kappa shape index (κ1) is 20.7. The van der Waals surface area contributed by atoms with Crippen molar-refractivity contribution in [3.05, 3.63) is 59.4 Å². The number of rotatable bonds is 9. The van der Waals surface area contributed by atoms with E-state index in [0.29, 0.717) is 25.6 Å². The van der Waals surface area contributed by atoms with Gasteiger partial charge < -0.3 is 25.1 Å². The minimum atomic E-state index is 0.470. The van der Waals surface area contributed by atoms with Crippen molar-refractivity contribution in [1.82, 2.24) is 20.6 Å². The number of aryl methyl sites for hydroxylation is 1. The molecule has 0 fully saturated rings. The van der Waals surface area contributed by atoms with Gasteiger partial charge in [-0.3, -0.25) is 4.99 Å². The Labute approximate surface area is 171 Å². The fraction of sp³-hybridized carbons (Fsp3) is 0.364. The summed E-state index contributed by atoms with van der Waals surface area (Å²) in [6.45, 7) is 4.46. The van der Waals surface area contributed by atoms with Gasteiger partial charge in [-0.2, -0.15) is 0 Å². The Hall–Kier alpha value is -3.06. The number of aromatic nitrogens is 2. The van der Waals surface area contributed by atoms with Crippen LogP contribution in [0.5, 0.6) is 5.88 Å². The fourth-order valence-electron chi connectivity index (χ4n) is 3.13. The molecule has 0 bridgehead atoms. The second kappa shape index (κ2) is 10.5. The number of ether oxygens (including phenoxy) is 2. The quantitative estimate of drug-likeness (QED) is 0.295. The first-order valence-electron chi connectivity index (χ1n) is 9.78. The van der Waals surface area contributed by atoms with Crippen LogP contribution < -0.4 is 15.4 Å². The van der Waals surface area contributed by atoms with Crippen LogP contribution in [-0.4, -0.2) is 49.8 Å². The zero-order valence-electron chi connectivity index (χ0n) is 17.3. The molecule has 0 aliphatic carbocycles. The summed E-state index contributed by atoms with van der Waals surface area (Å²) in [5.74, 6) is 1.36. The molecule has 0 amide bonds. The number of guanidine groups is 1. The highest BCUT2D eigenvalue weighted by Gasteiger charge is 2.07. The molecule has 0 unspecified atom stereocenters. The lowest BCUT2D eigenvalue weighted by Crippen LogP contribution is -2.38. The summed E-state index contributed by atoms with van der Waals surface area (Å²) in [6.07, 6.45) is 4.71. The van der Waals surface area contributed by atoms with E-state index in [2.05, 4.69) is 56.9 Å². The number of hydrogen-bond acceptors (Lipinski definition) is 4. The number of aliphatic imine (C=N–C) groups is 1. The predicted octanol–water partition coefficient (Wildman–Crippen LogP) is 2.80. The van der Waals surface area contributed by atoms with Gasteiger partial charge in [0.2, 0.25) is 5.88 Å². The molecule has 0 aliphatic heterocycles. The van der Waals surface area contributed by atoms with Crippen LogP contribution in [0.3, 0.4) is 0 Å². The zero-order chi connectivity index (χ0) is 20.5. The van der Waals surface area contributed by atoms with Gasteiger partial charge in [0, 0.05) is 56.1 Å². The molecule has 0 saturated carbocycles. The van der Waals surface area contributed by atoms with E-state index in [9.17, 15) is 0 Å². The van der Waals surface area contributed by atoms with Crippen LogP contribution in [-0.2, 0) is 17.7 Å². The molecule has 1 aromatic carbocycles. The van der Waals surface area contributed by atoms with Crippen LogP contribution in [0.25, 0.3) is 10.9 Å². The summed E-state index contributed by atoms with van der Waals surface area (Å²) in [7, 11) is 3.42. The Morgan fingerprint density at radius 1 is 1.17 bits per heavy atom. The molecule has 2 heterocycles. The zero-order valence-corrected chi connectivity index (χ0v) is 17.3. The molecule has 0 atom stereocenters. The average Bonchev–Trinajstić information content (AvgIpc) is 3.13. The number of pyridine rings is 1. The van der Waals surface area contributed by atoms with Gasteiger partial charge in [-0.1, -0.05) is 18.2 Å². The van der Waals surface area contributed by atoms with Gasteiger partial charge in [0.1, 0.15) is 6.61 Å². The average molecular weight is 396 g/mol. The van der Waals surface area contributed by atoms with Gasteiger partial charge >= 0.3 is 0 Å². The smallest absolute Gasteiger partial charge is 0.218 e. The Morgan fingerprint density at radius 3 is 2.90 bits per heavy atom. The van der Waals surface area contributed by atoms with Gasteiger partial charge in [0.05, 0.1) is 6.61 Å². The topological polar surface area (TPSA) is 83.6 Å². The van der Waals surface area contributed by atoms with E-state index in [1.807, 2.05) is 12.1 Å². The van der Waals surface area contributed by atoms with E-state index in [-0.39, 0.29) is 0 Å². The third-order valence-electron chi connectivity index (χ3n) is 4.66. The maximum Gasteiger partial charge on any atom is 0.218 e. The number of benzene rings is 1. The Morgan fingerprint density at radius 2 is 2.07 bits per heavy atom. The molecule has 0 aliphatic rings. The maximum atomic E-state index is 5.68. The van der Waals surface area contributed by atoms with Crippen molar-refractivity contribution in [2.24, 2.45) is 4.99 Å². The summed E-state index contributed by atoms with van der Waals surface area (Å²) in [5.41, 5.74) is 4.71. The molecule has 3 N–H and O–H groups in total. The number of methoxy groups -OCH3 is 1. The highest BCUT2D eigenvalue weighted by molar-refractivity contribution is 5.84. The lowest BCUT2D eigenvalue weighted by atomic mass is 10.1. The van der Waals surface area contributed by atoms with Gasteiger partial charge in [0.25, 0.3) is 0 Å². The Bertz CT molecular complexity index is 951. The number of nitrogens with one attached hydrogen (secondary N) is 3. The third kappa shape index (κ3) is 5.71. The van der Waals surface area contributed by atoms with Crippen LogP contribution in [0.1, 0.15) is 16.7 Å². The normalized spacial score (nSPS) is 11.6. The molecule has 7 nitrogen and oxygen atoms in total.